The molecule has 6 aromatic rings. The average Bonchev–Trinajstić information content (AvgIpc) is 3.60. The molecule has 9 nitrogen and oxygen atoms in total. The van der Waals surface area contributed by atoms with Gasteiger partial charge in [0.25, 0.3) is 0 Å². The van der Waals surface area contributed by atoms with Gasteiger partial charge in [-0.1, -0.05) is 20.8 Å². The van der Waals surface area contributed by atoms with Crippen LogP contribution in [0.2, 0.25) is 0 Å². The summed E-state index contributed by atoms with van der Waals surface area (Å²) in [5.41, 5.74) is 5.80. The Kier molecular flexibility index (Phi) is 5.34. The number of carbonyl (C=O) groups excluding carboxylic acids is 1. The van der Waals surface area contributed by atoms with Crippen molar-refractivity contribution >= 4 is 45.0 Å². The molecule has 0 saturated carbocycles. The van der Waals surface area contributed by atoms with Crippen molar-refractivity contribution in [2.75, 3.05) is 5.32 Å². The van der Waals surface area contributed by atoms with Crippen molar-refractivity contribution in [1.29, 1.82) is 0 Å². The minimum atomic E-state index is -0.507. The zero-order valence-electron chi connectivity index (χ0n) is 20.7. The molecular weight excluding hydrogens is 484 g/mol. The summed E-state index contributed by atoms with van der Waals surface area (Å²) in [5, 5.41) is 11.2. The average molecular weight is 509 g/mol. The Morgan fingerprint density at radius 3 is 2.59 bits per heavy atom. The number of carbonyl (C=O) groups is 1. The van der Waals surface area contributed by atoms with E-state index in [9.17, 15) is 4.79 Å². The van der Waals surface area contributed by atoms with E-state index in [2.05, 4.69) is 54.5 Å². The summed E-state index contributed by atoms with van der Waals surface area (Å²) >= 11 is 1.71. The molecule has 0 atom stereocenters. The molecule has 0 aliphatic carbocycles. The minimum Gasteiger partial charge on any atom is -0.335 e. The number of aromatic nitrogens is 7. The molecule has 37 heavy (non-hydrogen) atoms. The number of thiophene rings is 1. The number of hydrogen-bond acceptors (Lipinski definition) is 7. The van der Waals surface area contributed by atoms with Gasteiger partial charge in [0.05, 0.1) is 29.0 Å². The molecule has 0 radical (unpaired) electrons. The number of nitrogens with zero attached hydrogens (tertiary/aromatic N) is 5. The van der Waals surface area contributed by atoms with Crippen molar-refractivity contribution in [3.8, 4) is 33.1 Å². The van der Waals surface area contributed by atoms with Crippen molar-refractivity contribution in [3.63, 3.8) is 0 Å². The van der Waals surface area contributed by atoms with Crippen LogP contribution in [0.5, 0.6) is 0 Å². The Morgan fingerprint density at radius 1 is 1.00 bits per heavy atom. The Morgan fingerprint density at radius 2 is 1.81 bits per heavy atom. The number of aryl methyl sites for hydroxylation is 1. The predicted octanol–water partition coefficient (Wildman–Crippen LogP) is 5.98. The lowest BCUT2D eigenvalue weighted by Gasteiger charge is -2.17. The molecule has 0 aromatic carbocycles. The van der Waals surface area contributed by atoms with E-state index in [1.165, 1.54) is 4.88 Å². The van der Waals surface area contributed by atoms with E-state index < -0.39 is 5.41 Å². The summed E-state index contributed by atoms with van der Waals surface area (Å²) in [6, 6.07) is 8.09. The third kappa shape index (κ3) is 4.25. The molecule has 3 N–H and O–H groups in total. The van der Waals surface area contributed by atoms with Gasteiger partial charge in [-0.15, -0.1) is 11.3 Å². The summed E-state index contributed by atoms with van der Waals surface area (Å²) < 4.78 is 0. The van der Waals surface area contributed by atoms with E-state index >= 15 is 0 Å². The van der Waals surface area contributed by atoms with Crippen molar-refractivity contribution in [2.24, 2.45) is 5.41 Å². The molecule has 10 heteroatoms. The first kappa shape index (κ1) is 23.0. The minimum absolute atomic E-state index is 0.0754. The number of imidazole rings is 1. The van der Waals surface area contributed by atoms with Crippen LogP contribution in [-0.2, 0) is 4.79 Å². The molecule has 6 aromatic heterocycles. The van der Waals surface area contributed by atoms with Gasteiger partial charge in [-0.05, 0) is 31.2 Å². The molecule has 0 unspecified atom stereocenters. The van der Waals surface area contributed by atoms with Crippen molar-refractivity contribution in [1.82, 2.24) is 35.1 Å². The van der Waals surface area contributed by atoms with E-state index in [-0.39, 0.29) is 5.91 Å². The zero-order chi connectivity index (χ0) is 25.7. The molecule has 6 heterocycles. The second-order valence-corrected chi connectivity index (χ2v) is 11.2. The highest BCUT2D eigenvalue weighted by atomic mass is 32.1. The lowest BCUT2D eigenvalue weighted by atomic mass is 9.95. The zero-order valence-corrected chi connectivity index (χ0v) is 21.6. The van der Waals surface area contributed by atoms with Crippen LogP contribution in [0.4, 0.5) is 5.69 Å². The number of pyridine rings is 3. The smallest absolute Gasteiger partial charge is 0.229 e. The van der Waals surface area contributed by atoms with Crippen LogP contribution < -0.4 is 5.32 Å². The lowest BCUT2D eigenvalue weighted by molar-refractivity contribution is -0.123. The van der Waals surface area contributed by atoms with Gasteiger partial charge < -0.3 is 10.3 Å². The van der Waals surface area contributed by atoms with Crippen LogP contribution in [0.3, 0.4) is 0 Å². The second-order valence-electron chi connectivity index (χ2n) is 9.94. The number of amides is 1. The highest BCUT2D eigenvalue weighted by molar-refractivity contribution is 7.15. The molecular formula is C27H24N8OS. The van der Waals surface area contributed by atoms with Gasteiger partial charge >= 0.3 is 0 Å². The first-order valence-corrected chi connectivity index (χ1v) is 12.6. The van der Waals surface area contributed by atoms with Gasteiger partial charge in [0.15, 0.2) is 11.5 Å². The summed E-state index contributed by atoms with van der Waals surface area (Å²) in [6.07, 6.45) is 8.76. The maximum atomic E-state index is 12.4. The molecule has 0 aliphatic rings. The highest BCUT2D eigenvalue weighted by Gasteiger charge is 2.21. The van der Waals surface area contributed by atoms with Crippen LogP contribution in [0.25, 0.3) is 55.2 Å². The van der Waals surface area contributed by atoms with Crippen molar-refractivity contribution in [2.45, 2.75) is 27.7 Å². The molecule has 0 aliphatic heterocycles. The highest BCUT2D eigenvalue weighted by Crippen LogP contribution is 2.34. The van der Waals surface area contributed by atoms with E-state index in [1.807, 2.05) is 39.1 Å². The van der Waals surface area contributed by atoms with Gasteiger partial charge in [-0.25, -0.2) is 9.97 Å². The lowest BCUT2D eigenvalue weighted by Crippen LogP contribution is -2.27. The second kappa shape index (κ2) is 8.59. The van der Waals surface area contributed by atoms with Gasteiger partial charge in [0.2, 0.25) is 5.91 Å². The normalized spacial score (nSPS) is 11.9. The monoisotopic (exact) mass is 508 g/mol. The van der Waals surface area contributed by atoms with Crippen LogP contribution in [0, 0.1) is 12.3 Å². The Balaban J connectivity index is 1.40. The first-order chi connectivity index (χ1) is 17.8. The van der Waals surface area contributed by atoms with Crippen LogP contribution in [0.1, 0.15) is 25.6 Å². The Hall–Kier alpha value is -4.44. The van der Waals surface area contributed by atoms with Gasteiger partial charge in [-0.3, -0.25) is 19.9 Å². The van der Waals surface area contributed by atoms with Crippen LogP contribution in [-0.4, -0.2) is 41.0 Å². The Labute approximate surface area is 216 Å². The van der Waals surface area contributed by atoms with Gasteiger partial charge in [0, 0.05) is 50.5 Å². The van der Waals surface area contributed by atoms with E-state index in [0.29, 0.717) is 17.2 Å². The fraction of sp³-hybridized carbons (Fsp3) is 0.185. The number of nitrogens with one attached hydrogen (secondary N) is 3. The standard InChI is InChI=1S/C27H24N8OS/c1-14-5-6-21(37-14)19-12-29-13-20-22(19)33-25(32-20)23-18-8-16(10-30-24(18)35-34-23)15-7-17(11-28-9-15)31-26(36)27(2,3)4/h5-13H,1-4H3,(H,31,36)(H,32,33)(H,30,34,35). The quantitative estimate of drug-likeness (QED) is 0.269. The van der Waals surface area contributed by atoms with E-state index in [1.54, 1.807) is 36.1 Å². The summed E-state index contributed by atoms with van der Waals surface area (Å²) in [7, 11) is 0. The summed E-state index contributed by atoms with van der Waals surface area (Å²) in [6.45, 7) is 7.70. The Bertz CT molecular complexity index is 1790. The molecule has 0 fully saturated rings. The van der Waals surface area contributed by atoms with E-state index in [0.717, 1.165) is 43.7 Å². The first-order valence-electron chi connectivity index (χ1n) is 11.8. The fourth-order valence-corrected chi connectivity index (χ4v) is 4.91. The predicted molar refractivity (Wildman–Crippen MR) is 146 cm³/mol. The third-order valence-corrected chi connectivity index (χ3v) is 7.09. The number of rotatable bonds is 4. The molecule has 6 rings (SSSR count). The van der Waals surface area contributed by atoms with Crippen molar-refractivity contribution in [3.05, 3.63) is 60.1 Å². The maximum Gasteiger partial charge on any atom is 0.229 e. The largest absolute Gasteiger partial charge is 0.335 e. The molecule has 184 valence electrons. The SMILES string of the molecule is Cc1ccc(-c2cncc3[nH]c(-c4[nH]nc5ncc(-c6cncc(NC(=O)C(C)(C)C)c6)cc45)nc23)s1. The van der Waals surface area contributed by atoms with Crippen LogP contribution in [0.15, 0.2) is 55.2 Å². The van der Waals surface area contributed by atoms with E-state index in [4.69, 9.17) is 4.98 Å². The topological polar surface area (TPSA) is 125 Å². The number of anilines is 1. The van der Waals surface area contributed by atoms with Gasteiger partial charge in [-0.2, -0.15) is 5.10 Å². The van der Waals surface area contributed by atoms with Crippen molar-refractivity contribution < 1.29 is 4.79 Å². The molecule has 0 spiro atoms. The number of aromatic amines is 2. The summed E-state index contributed by atoms with van der Waals surface area (Å²) in [5.74, 6) is 0.580. The molecule has 0 saturated heterocycles. The fourth-order valence-electron chi connectivity index (χ4n) is 4.03. The van der Waals surface area contributed by atoms with Gasteiger partial charge in [0.1, 0.15) is 11.2 Å². The number of fused-ring (bicyclic) bond motifs is 2. The third-order valence-electron chi connectivity index (χ3n) is 6.06. The number of H-pyrrole nitrogens is 2. The maximum absolute atomic E-state index is 12.4. The number of hydrogen-bond donors (Lipinski definition) is 3. The molecule has 1 amide bonds. The van der Waals surface area contributed by atoms with Crippen LogP contribution >= 0.6 is 11.3 Å². The summed E-state index contributed by atoms with van der Waals surface area (Å²) in [4.78, 5) is 36.4. The molecule has 0 bridgehead atoms.